The lowest BCUT2D eigenvalue weighted by Crippen LogP contribution is -2.24. The Bertz CT molecular complexity index is 566. The smallest absolute Gasteiger partial charge is 0.264 e. The van der Waals surface area contributed by atoms with Gasteiger partial charge in [0.1, 0.15) is 5.75 Å². The van der Waals surface area contributed by atoms with Crippen LogP contribution in [0.4, 0.5) is 0 Å². The average molecular weight is 275 g/mol. The van der Waals surface area contributed by atoms with E-state index < -0.39 is 0 Å². The molecule has 0 bridgehead atoms. The Hall–Kier alpha value is -1.88. The first-order valence-corrected chi connectivity index (χ1v) is 6.77. The molecule has 1 aromatic carbocycles. The summed E-state index contributed by atoms with van der Waals surface area (Å²) in [7, 11) is 1.91. The summed E-state index contributed by atoms with van der Waals surface area (Å²) in [5, 5.41) is 7.09. The second-order valence-corrected chi connectivity index (χ2v) is 5.06. The van der Waals surface area contributed by atoms with E-state index in [9.17, 15) is 0 Å². The minimum absolute atomic E-state index is 0.297. The lowest BCUT2D eigenvalue weighted by atomic mass is 10.1. The molecule has 1 aromatic heterocycles. The molecule has 1 atom stereocenters. The van der Waals surface area contributed by atoms with Gasteiger partial charge in [0.15, 0.2) is 12.4 Å². The van der Waals surface area contributed by atoms with E-state index in [-0.39, 0.29) is 0 Å². The molecule has 0 spiro atoms. The number of hydrogen-bond donors (Lipinski definition) is 1. The second-order valence-electron chi connectivity index (χ2n) is 5.06. The first-order chi connectivity index (χ1) is 9.58. The molecular weight excluding hydrogens is 254 g/mol. The van der Waals surface area contributed by atoms with Crippen molar-refractivity contribution in [2.75, 3.05) is 7.05 Å². The fourth-order valence-corrected chi connectivity index (χ4v) is 1.81. The molecule has 0 fully saturated rings. The number of benzene rings is 1. The second kappa shape index (κ2) is 6.52. The summed E-state index contributed by atoms with van der Waals surface area (Å²) >= 11 is 0. The molecular formula is C15H21N3O2. The fourth-order valence-electron chi connectivity index (χ4n) is 1.81. The lowest BCUT2D eigenvalue weighted by molar-refractivity contribution is 0.241. The highest BCUT2D eigenvalue weighted by Crippen LogP contribution is 2.20. The van der Waals surface area contributed by atoms with Gasteiger partial charge in [-0.25, -0.2) is 0 Å². The van der Waals surface area contributed by atoms with Crippen LogP contribution in [0.25, 0.3) is 0 Å². The summed E-state index contributed by atoms with van der Waals surface area (Å²) < 4.78 is 10.9. The van der Waals surface area contributed by atoms with Crippen molar-refractivity contribution in [2.24, 2.45) is 0 Å². The van der Waals surface area contributed by atoms with Crippen LogP contribution in [0.1, 0.15) is 29.8 Å². The summed E-state index contributed by atoms with van der Waals surface area (Å²) in [5.74, 6) is 2.06. The SMILES string of the molecule is CNC(C)Cc1noc(COc2cc(C)ccc2C)n1. The maximum Gasteiger partial charge on any atom is 0.264 e. The van der Waals surface area contributed by atoms with Crippen LogP contribution in [-0.2, 0) is 13.0 Å². The van der Waals surface area contributed by atoms with Crippen molar-refractivity contribution in [3.8, 4) is 5.75 Å². The highest BCUT2D eigenvalue weighted by molar-refractivity contribution is 5.35. The maximum atomic E-state index is 5.74. The predicted octanol–water partition coefficient (Wildman–Crippen LogP) is 2.42. The summed E-state index contributed by atoms with van der Waals surface area (Å²) in [6.07, 6.45) is 0.740. The maximum absolute atomic E-state index is 5.74. The minimum atomic E-state index is 0.297. The van der Waals surface area contributed by atoms with Gasteiger partial charge in [-0.3, -0.25) is 0 Å². The van der Waals surface area contributed by atoms with E-state index in [1.807, 2.05) is 33.0 Å². The Morgan fingerprint density at radius 1 is 1.35 bits per heavy atom. The molecule has 0 radical (unpaired) electrons. The Labute approximate surface area is 119 Å². The number of likely N-dealkylation sites (N-methyl/N-ethyl adjacent to an activating group) is 1. The molecule has 0 saturated carbocycles. The Balaban J connectivity index is 1.95. The molecule has 0 amide bonds. The molecule has 108 valence electrons. The van der Waals surface area contributed by atoms with Gasteiger partial charge in [0.2, 0.25) is 0 Å². The van der Waals surface area contributed by atoms with Crippen LogP contribution in [0.2, 0.25) is 0 Å². The van der Waals surface area contributed by atoms with Gasteiger partial charge in [0, 0.05) is 12.5 Å². The first-order valence-electron chi connectivity index (χ1n) is 6.77. The fraction of sp³-hybridized carbons (Fsp3) is 0.467. The van der Waals surface area contributed by atoms with Crippen molar-refractivity contribution in [1.29, 1.82) is 0 Å². The number of aromatic nitrogens is 2. The van der Waals surface area contributed by atoms with E-state index in [1.54, 1.807) is 0 Å². The van der Waals surface area contributed by atoms with Gasteiger partial charge in [-0.2, -0.15) is 4.98 Å². The van der Waals surface area contributed by atoms with Crippen molar-refractivity contribution in [2.45, 2.75) is 39.8 Å². The highest BCUT2D eigenvalue weighted by Gasteiger charge is 2.10. The summed E-state index contributed by atoms with van der Waals surface area (Å²) in [5.41, 5.74) is 2.26. The van der Waals surface area contributed by atoms with Crippen LogP contribution in [0.3, 0.4) is 0 Å². The van der Waals surface area contributed by atoms with E-state index in [0.29, 0.717) is 24.4 Å². The monoisotopic (exact) mass is 275 g/mol. The van der Waals surface area contributed by atoms with Gasteiger partial charge in [-0.15, -0.1) is 0 Å². The van der Waals surface area contributed by atoms with E-state index in [2.05, 4.69) is 28.4 Å². The third kappa shape index (κ3) is 3.81. The summed E-state index contributed by atoms with van der Waals surface area (Å²) in [4.78, 5) is 4.32. The number of aryl methyl sites for hydroxylation is 2. The Morgan fingerprint density at radius 2 is 2.15 bits per heavy atom. The van der Waals surface area contributed by atoms with Gasteiger partial charge in [-0.05, 0) is 45.0 Å². The van der Waals surface area contributed by atoms with Crippen LogP contribution in [-0.4, -0.2) is 23.2 Å². The standard InChI is InChI=1S/C15H21N3O2/c1-10-5-6-11(2)13(7-10)19-9-15-17-14(18-20-15)8-12(3)16-4/h5-7,12,16H,8-9H2,1-4H3. The number of nitrogens with one attached hydrogen (secondary N) is 1. The quantitative estimate of drug-likeness (QED) is 0.877. The summed E-state index contributed by atoms with van der Waals surface area (Å²) in [6, 6.07) is 6.43. The van der Waals surface area contributed by atoms with Gasteiger partial charge < -0.3 is 14.6 Å². The topological polar surface area (TPSA) is 60.2 Å². The number of hydrogen-bond acceptors (Lipinski definition) is 5. The van der Waals surface area contributed by atoms with Crippen LogP contribution in [0.5, 0.6) is 5.75 Å². The molecule has 0 aliphatic carbocycles. The van der Waals surface area contributed by atoms with Crippen LogP contribution < -0.4 is 10.1 Å². The van der Waals surface area contributed by atoms with Gasteiger partial charge in [0.25, 0.3) is 5.89 Å². The van der Waals surface area contributed by atoms with E-state index in [1.165, 1.54) is 5.56 Å². The predicted molar refractivity (Wildman–Crippen MR) is 76.8 cm³/mol. The van der Waals surface area contributed by atoms with Crippen molar-refractivity contribution < 1.29 is 9.26 Å². The molecule has 1 N–H and O–H groups in total. The summed E-state index contributed by atoms with van der Waals surface area (Å²) in [6.45, 7) is 6.42. The number of ether oxygens (including phenoxy) is 1. The Kier molecular flexibility index (Phi) is 4.74. The van der Waals surface area contributed by atoms with Crippen molar-refractivity contribution in [3.05, 3.63) is 41.0 Å². The van der Waals surface area contributed by atoms with Gasteiger partial charge in [0.05, 0.1) is 0 Å². The van der Waals surface area contributed by atoms with Crippen LogP contribution >= 0.6 is 0 Å². The molecule has 5 heteroatoms. The van der Waals surface area contributed by atoms with E-state index >= 15 is 0 Å². The van der Waals surface area contributed by atoms with E-state index in [0.717, 1.165) is 17.7 Å². The zero-order valence-electron chi connectivity index (χ0n) is 12.4. The molecule has 5 nitrogen and oxygen atoms in total. The van der Waals surface area contributed by atoms with Crippen molar-refractivity contribution in [1.82, 2.24) is 15.5 Å². The number of rotatable bonds is 6. The molecule has 2 rings (SSSR count). The van der Waals surface area contributed by atoms with Crippen molar-refractivity contribution in [3.63, 3.8) is 0 Å². The average Bonchev–Trinajstić information content (AvgIpc) is 2.87. The molecule has 1 heterocycles. The third-order valence-electron chi connectivity index (χ3n) is 3.19. The number of nitrogens with zero attached hydrogens (tertiary/aromatic N) is 2. The normalized spacial score (nSPS) is 12.4. The Morgan fingerprint density at radius 3 is 2.90 bits per heavy atom. The molecule has 20 heavy (non-hydrogen) atoms. The largest absolute Gasteiger partial charge is 0.483 e. The van der Waals surface area contributed by atoms with Gasteiger partial charge in [-0.1, -0.05) is 17.3 Å². The van der Waals surface area contributed by atoms with Crippen LogP contribution in [0.15, 0.2) is 22.7 Å². The first kappa shape index (κ1) is 14.5. The van der Waals surface area contributed by atoms with Gasteiger partial charge >= 0.3 is 0 Å². The third-order valence-corrected chi connectivity index (χ3v) is 3.19. The minimum Gasteiger partial charge on any atom is -0.483 e. The van der Waals surface area contributed by atoms with Crippen LogP contribution in [0, 0.1) is 13.8 Å². The lowest BCUT2D eigenvalue weighted by Gasteiger charge is -2.07. The molecule has 0 aliphatic heterocycles. The zero-order valence-corrected chi connectivity index (χ0v) is 12.4. The van der Waals surface area contributed by atoms with E-state index in [4.69, 9.17) is 9.26 Å². The molecule has 2 aromatic rings. The zero-order chi connectivity index (χ0) is 14.5. The molecule has 1 unspecified atom stereocenters. The highest BCUT2D eigenvalue weighted by atomic mass is 16.5. The molecule has 0 aliphatic rings. The van der Waals surface area contributed by atoms with Crippen molar-refractivity contribution >= 4 is 0 Å². The molecule has 0 saturated heterocycles.